The van der Waals surface area contributed by atoms with Gasteiger partial charge in [0, 0.05) is 22.5 Å². The van der Waals surface area contributed by atoms with Gasteiger partial charge in [-0.25, -0.2) is 0 Å². The van der Waals surface area contributed by atoms with Gasteiger partial charge in [0.25, 0.3) is 0 Å². The number of halogens is 1. The van der Waals surface area contributed by atoms with Crippen molar-refractivity contribution in [3.8, 4) is 5.75 Å². The van der Waals surface area contributed by atoms with E-state index in [9.17, 15) is 0 Å². The van der Waals surface area contributed by atoms with Crippen LogP contribution in [0.1, 0.15) is 17.0 Å². The number of likely N-dealkylation sites (N-methyl/N-ethyl adjacent to an activating group) is 1. The molecule has 2 nitrogen and oxygen atoms in total. The first kappa shape index (κ1) is 13.5. The first-order valence-electron chi connectivity index (χ1n) is 6.91. The summed E-state index contributed by atoms with van der Waals surface area (Å²) in [7, 11) is 2.02. The smallest absolute Gasteiger partial charge is 0.122 e. The molecule has 0 fully saturated rings. The summed E-state index contributed by atoms with van der Waals surface area (Å²) in [4.78, 5) is 0. The summed E-state index contributed by atoms with van der Waals surface area (Å²) in [5.74, 6) is 1.42. The Kier molecular flexibility index (Phi) is 3.95. The van der Waals surface area contributed by atoms with Crippen LogP contribution in [0.4, 0.5) is 0 Å². The van der Waals surface area contributed by atoms with E-state index in [-0.39, 0.29) is 0 Å². The maximum Gasteiger partial charge on any atom is 0.122 e. The van der Waals surface area contributed by atoms with E-state index in [0.717, 1.165) is 23.8 Å². The standard InChI is InChI=1S/C17H18ClNO/c1-19-16(10-12-6-8-13(18)9-7-12)15-11-20-17-5-3-2-4-14(15)17/h2-9,15-16,19H,10-11H2,1H3. The van der Waals surface area contributed by atoms with Crippen molar-refractivity contribution >= 4 is 11.6 Å². The Morgan fingerprint density at radius 1 is 1.20 bits per heavy atom. The van der Waals surface area contributed by atoms with Crippen LogP contribution < -0.4 is 10.1 Å². The van der Waals surface area contributed by atoms with Crippen LogP contribution in [0.3, 0.4) is 0 Å². The molecular weight excluding hydrogens is 270 g/mol. The fraction of sp³-hybridized carbons (Fsp3) is 0.294. The lowest BCUT2D eigenvalue weighted by Gasteiger charge is -2.22. The van der Waals surface area contributed by atoms with Gasteiger partial charge in [0.2, 0.25) is 0 Å². The van der Waals surface area contributed by atoms with Crippen LogP contribution in [-0.4, -0.2) is 19.7 Å². The number of rotatable bonds is 4. The predicted octanol–water partition coefficient (Wildman–Crippen LogP) is 3.65. The summed E-state index contributed by atoms with van der Waals surface area (Å²) < 4.78 is 5.79. The van der Waals surface area contributed by atoms with E-state index in [1.807, 2.05) is 31.3 Å². The third-order valence-electron chi connectivity index (χ3n) is 3.96. The Bertz CT molecular complexity index is 582. The van der Waals surface area contributed by atoms with Gasteiger partial charge in [-0.2, -0.15) is 0 Å². The van der Waals surface area contributed by atoms with E-state index in [0.29, 0.717) is 12.0 Å². The first-order chi connectivity index (χ1) is 9.78. The molecule has 1 aliphatic heterocycles. The quantitative estimate of drug-likeness (QED) is 0.927. The number of fused-ring (bicyclic) bond motifs is 1. The van der Waals surface area contributed by atoms with Gasteiger partial charge in [0.1, 0.15) is 5.75 Å². The molecule has 0 spiro atoms. The molecule has 3 rings (SSSR count). The molecule has 2 aromatic carbocycles. The van der Waals surface area contributed by atoms with Crippen molar-refractivity contribution in [2.45, 2.75) is 18.4 Å². The maximum atomic E-state index is 5.94. The molecule has 0 bridgehead atoms. The number of ether oxygens (including phenoxy) is 1. The molecule has 1 heterocycles. The normalized spacial score (nSPS) is 18.4. The molecule has 0 amide bonds. The van der Waals surface area contributed by atoms with Crippen molar-refractivity contribution in [1.82, 2.24) is 5.32 Å². The summed E-state index contributed by atoms with van der Waals surface area (Å²) in [5, 5.41) is 4.22. The molecule has 2 atom stereocenters. The molecule has 20 heavy (non-hydrogen) atoms. The lowest BCUT2D eigenvalue weighted by atomic mass is 9.89. The molecule has 0 saturated carbocycles. The van der Waals surface area contributed by atoms with E-state index < -0.39 is 0 Å². The monoisotopic (exact) mass is 287 g/mol. The molecule has 1 aliphatic rings. The Hall–Kier alpha value is -1.51. The highest BCUT2D eigenvalue weighted by Crippen LogP contribution is 2.36. The summed E-state index contributed by atoms with van der Waals surface area (Å²) in [5.41, 5.74) is 2.60. The molecule has 0 saturated heterocycles. The van der Waals surface area contributed by atoms with Gasteiger partial charge < -0.3 is 10.1 Å². The third-order valence-corrected chi connectivity index (χ3v) is 4.21. The largest absolute Gasteiger partial charge is 0.493 e. The van der Waals surface area contributed by atoms with Crippen molar-refractivity contribution in [2.75, 3.05) is 13.7 Å². The van der Waals surface area contributed by atoms with Crippen LogP contribution in [0.5, 0.6) is 5.75 Å². The van der Waals surface area contributed by atoms with Gasteiger partial charge in [0.05, 0.1) is 6.61 Å². The molecule has 2 unspecified atom stereocenters. The fourth-order valence-electron chi connectivity index (χ4n) is 2.84. The van der Waals surface area contributed by atoms with Gasteiger partial charge in [0.15, 0.2) is 0 Å². The van der Waals surface area contributed by atoms with E-state index in [1.165, 1.54) is 11.1 Å². The van der Waals surface area contributed by atoms with Crippen molar-refractivity contribution < 1.29 is 4.74 Å². The first-order valence-corrected chi connectivity index (χ1v) is 7.29. The fourth-order valence-corrected chi connectivity index (χ4v) is 2.97. The van der Waals surface area contributed by atoms with Gasteiger partial charge >= 0.3 is 0 Å². The van der Waals surface area contributed by atoms with E-state index in [1.54, 1.807) is 0 Å². The van der Waals surface area contributed by atoms with Crippen LogP contribution in [0.15, 0.2) is 48.5 Å². The van der Waals surface area contributed by atoms with Crippen molar-refractivity contribution in [1.29, 1.82) is 0 Å². The van der Waals surface area contributed by atoms with Crippen LogP contribution in [-0.2, 0) is 6.42 Å². The zero-order valence-corrected chi connectivity index (χ0v) is 12.2. The average Bonchev–Trinajstić information content (AvgIpc) is 2.91. The highest BCUT2D eigenvalue weighted by atomic mass is 35.5. The Balaban J connectivity index is 1.79. The summed E-state index contributed by atoms with van der Waals surface area (Å²) in [6.07, 6.45) is 0.968. The molecular formula is C17H18ClNO. The summed E-state index contributed by atoms with van der Waals surface area (Å²) >= 11 is 5.94. The number of para-hydroxylation sites is 1. The summed E-state index contributed by atoms with van der Waals surface area (Å²) in [6.45, 7) is 0.748. The van der Waals surface area contributed by atoms with Crippen molar-refractivity contribution in [2.24, 2.45) is 0 Å². The molecule has 2 aromatic rings. The highest BCUT2D eigenvalue weighted by molar-refractivity contribution is 6.30. The zero-order valence-electron chi connectivity index (χ0n) is 11.5. The van der Waals surface area contributed by atoms with Gasteiger partial charge in [-0.15, -0.1) is 0 Å². The minimum absolute atomic E-state index is 0.361. The second-order valence-electron chi connectivity index (χ2n) is 5.18. The lowest BCUT2D eigenvalue weighted by molar-refractivity contribution is 0.302. The summed E-state index contributed by atoms with van der Waals surface area (Å²) in [6, 6.07) is 16.8. The Morgan fingerprint density at radius 2 is 1.95 bits per heavy atom. The second kappa shape index (κ2) is 5.86. The molecule has 3 heteroatoms. The zero-order chi connectivity index (χ0) is 13.9. The number of nitrogens with one attached hydrogen (secondary N) is 1. The second-order valence-corrected chi connectivity index (χ2v) is 5.62. The highest BCUT2D eigenvalue weighted by Gasteiger charge is 2.30. The Labute approximate surface area is 124 Å². The number of hydrogen-bond acceptors (Lipinski definition) is 2. The van der Waals surface area contributed by atoms with E-state index in [4.69, 9.17) is 16.3 Å². The number of benzene rings is 2. The lowest BCUT2D eigenvalue weighted by Crippen LogP contribution is -2.35. The SMILES string of the molecule is CNC(Cc1ccc(Cl)cc1)C1COc2ccccc21. The van der Waals surface area contributed by atoms with E-state index >= 15 is 0 Å². The third kappa shape index (κ3) is 2.67. The minimum Gasteiger partial charge on any atom is -0.493 e. The molecule has 104 valence electrons. The minimum atomic E-state index is 0.361. The van der Waals surface area contributed by atoms with Crippen molar-refractivity contribution in [3.05, 3.63) is 64.7 Å². The van der Waals surface area contributed by atoms with Gasteiger partial charge in [-0.1, -0.05) is 41.9 Å². The predicted molar refractivity (Wildman–Crippen MR) is 82.7 cm³/mol. The van der Waals surface area contributed by atoms with Crippen LogP contribution in [0.2, 0.25) is 5.02 Å². The Morgan fingerprint density at radius 3 is 2.70 bits per heavy atom. The average molecular weight is 288 g/mol. The number of hydrogen-bond donors (Lipinski definition) is 1. The maximum absolute atomic E-state index is 5.94. The van der Waals surface area contributed by atoms with Gasteiger partial charge in [-0.3, -0.25) is 0 Å². The van der Waals surface area contributed by atoms with Crippen LogP contribution in [0, 0.1) is 0 Å². The van der Waals surface area contributed by atoms with E-state index in [2.05, 4.69) is 29.6 Å². The molecule has 0 radical (unpaired) electrons. The molecule has 0 aromatic heterocycles. The topological polar surface area (TPSA) is 21.3 Å². The van der Waals surface area contributed by atoms with Crippen LogP contribution >= 0.6 is 11.6 Å². The van der Waals surface area contributed by atoms with Gasteiger partial charge in [-0.05, 0) is 37.2 Å². The molecule has 1 N–H and O–H groups in total. The van der Waals surface area contributed by atoms with Crippen molar-refractivity contribution in [3.63, 3.8) is 0 Å². The molecule has 0 aliphatic carbocycles. The van der Waals surface area contributed by atoms with Crippen LogP contribution in [0.25, 0.3) is 0 Å².